The SMILES string of the molecule is CCCSCCNCC(C)C. The first-order valence-electron chi connectivity index (χ1n) is 4.55. The van der Waals surface area contributed by atoms with Crippen molar-refractivity contribution in [1.29, 1.82) is 0 Å². The summed E-state index contributed by atoms with van der Waals surface area (Å²) in [6.45, 7) is 9.04. The Morgan fingerprint density at radius 3 is 2.55 bits per heavy atom. The predicted molar refractivity (Wildman–Crippen MR) is 55.3 cm³/mol. The van der Waals surface area contributed by atoms with Gasteiger partial charge in [0.25, 0.3) is 0 Å². The highest BCUT2D eigenvalue weighted by molar-refractivity contribution is 7.99. The van der Waals surface area contributed by atoms with E-state index in [1.54, 1.807) is 0 Å². The lowest BCUT2D eigenvalue weighted by molar-refractivity contribution is 0.568. The Balaban J connectivity index is 2.80. The van der Waals surface area contributed by atoms with Crippen LogP contribution in [0.2, 0.25) is 0 Å². The van der Waals surface area contributed by atoms with E-state index in [1.807, 2.05) is 11.8 Å². The third-order valence-electron chi connectivity index (χ3n) is 1.32. The van der Waals surface area contributed by atoms with Crippen molar-refractivity contribution in [2.75, 3.05) is 24.6 Å². The largest absolute Gasteiger partial charge is 0.316 e. The van der Waals surface area contributed by atoms with Crippen molar-refractivity contribution in [2.45, 2.75) is 27.2 Å². The average Bonchev–Trinajstić information content (AvgIpc) is 1.96. The first kappa shape index (κ1) is 11.3. The second kappa shape index (κ2) is 8.41. The molecular weight excluding hydrogens is 154 g/mol. The van der Waals surface area contributed by atoms with E-state index in [4.69, 9.17) is 0 Å². The van der Waals surface area contributed by atoms with Crippen LogP contribution in [0, 0.1) is 5.92 Å². The van der Waals surface area contributed by atoms with Gasteiger partial charge in [-0.05, 0) is 24.6 Å². The van der Waals surface area contributed by atoms with Gasteiger partial charge in [-0.2, -0.15) is 11.8 Å². The van der Waals surface area contributed by atoms with E-state index in [2.05, 4.69) is 26.1 Å². The van der Waals surface area contributed by atoms with Gasteiger partial charge in [0.2, 0.25) is 0 Å². The first-order valence-corrected chi connectivity index (χ1v) is 5.71. The fraction of sp³-hybridized carbons (Fsp3) is 1.00. The quantitative estimate of drug-likeness (QED) is 0.596. The van der Waals surface area contributed by atoms with Crippen LogP contribution < -0.4 is 5.32 Å². The maximum Gasteiger partial charge on any atom is 0.00581 e. The third kappa shape index (κ3) is 10.3. The number of hydrogen-bond acceptors (Lipinski definition) is 2. The molecule has 0 radical (unpaired) electrons. The summed E-state index contributed by atoms with van der Waals surface area (Å²) in [5, 5.41) is 3.42. The molecule has 0 aliphatic rings. The molecule has 0 aromatic carbocycles. The highest BCUT2D eigenvalue weighted by atomic mass is 32.2. The van der Waals surface area contributed by atoms with Crippen LogP contribution in [0.5, 0.6) is 0 Å². The van der Waals surface area contributed by atoms with Gasteiger partial charge in [0, 0.05) is 12.3 Å². The molecule has 0 unspecified atom stereocenters. The van der Waals surface area contributed by atoms with E-state index in [-0.39, 0.29) is 0 Å². The summed E-state index contributed by atoms with van der Waals surface area (Å²) in [6.07, 6.45) is 1.30. The maximum atomic E-state index is 3.42. The number of thioether (sulfide) groups is 1. The maximum absolute atomic E-state index is 3.42. The molecule has 0 aliphatic heterocycles. The van der Waals surface area contributed by atoms with Crippen molar-refractivity contribution in [3.63, 3.8) is 0 Å². The van der Waals surface area contributed by atoms with Gasteiger partial charge < -0.3 is 5.32 Å². The van der Waals surface area contributed by atoms with Gasteiger partial charge in [-0.15, -0.1) is 0 Å². The predicted octanol–water partition coefficient (Wildman–Crippen LogP) is 2.38. The second-order valence-electron chi connectivity index (χ2n) is 3.21. The summed E-state index contributed by atoms with van der Waals surface area (Å²) in [4.78, 5) is 0. The van der Waals surface area contributed by atoms with Crippen molar-refractivity contribution < 1.29 is 0 Å². The van der Waals surface area contributed by atoms with Gasteiger partial charge in [0.05, 0.1) is 0 Å². The summed E-state index contributed by atoms with van der Waals surface area (Å²) >= 11 is 2.04. The van der Waals surface area contributed by atoms with Crippen LogP contribution in [0.25, 0.3) is 0 Å². The Morgan fingerprint density at radius 2 is 2.00 bits per heavy atom. The van der Waals surface area contributed by atoms with Gasteiger partial charge in [-0.25, -0.2) is 0 Å². The average molecular weight is 175 g/mol. The van der Waals surface area contributed by atoms with E-state index in [0.717, 1.165) is 12.5 Å². The monoisotopic (exact) mass is 175 g/mol. The zero-order valence-corrected chi connectivity index (χ0v) is 8.84. The molecule has 2 heteroatoms. The molecule has 0 atom stereocenters. The molecule has 0 saturated carbocycles. The van der Waals surface area contributed by atoms with E-state index < -0.39 is 0 Å². The topological polar surface area (TPSA) is 12.0 Å². The van der Waals surface area contributed by atoms with Crippen LogP contribution in [0.3, 0.4) is 0 Å². The summed E-state index contributed by atoms with van der Waals surface area (Å²) < 4.78 is 0. The van der Waals surface area contributed by atoms with Gasteiger partial charge in [-0.3, -0.25) is 0 Å². The lowest BCUT2D eigenvalue weighted by Crippen LogP contribution is -2.22. The normalized spacial score (nSPS) is 10.9. The van der Waals surface area contributed by atoms with Crippen LogP contribution >= 0.6 is 11.8 Å². The van der Waals surface area contributed by atoms with Gasteiger partial charge in [0.15, 0.2) is 0 Å². The van der Waals surface area contributed by atoms with E-state index >= 15 is 0 Å². The molecule has 0 aliphatic carbocycles. The molecule has 0 amide bonds. The Labute approximate surface area is 75.3 Å². The van der Waals surface area contributed by atoms with E-state index in [9.17, 15) is 0 Å². The molecule has 0 saturated heterocycles. The van der Waals surface area contributed by atoms with Crippen molar-refractivity contribution in [3.05, 3.63) is 0 Å². The van der Waals surface area contributed by atoms with E-state index in [1.165, 1.54) is 24.5 Å². The van der Waals surface area contributed by atoms with Crippen molar-refractivity contribution in [2.24, 2.45) is 5.92 Å². The van der Waals surface area contributed by atoms with Crippen LogP contribution in [-0.2, 0) is 0 Å². The van der Waals surface area contributed by atoms with Crippen LogP contribution in [0.1, 0.15) is 27.2 Å². The molecular formula is C9H21NS. The smallest absolute Gasteiger partial charge is 0.00581 e. The molecule has 0 spiro atoms. The number of nitrogens with one attached hydrogen (secondary N) is 1. The van der Waals surface area contributed by atoms with Gasteiger partial charge in [-0.1, -0.05) is 20.8 Å². The summed E-state index contributed by atoms with van der Waals surface area (Å²) in [5.74, 6) is 3.36. The molecule has 0 rings (SSSR count). The van der Waals surface area contributed by atoms with Crippen molar-refractivity contribution in [1.82, 2.24) is 5.32 Å². The zero-order chi connectivity index (χ0) is 8.53. The third-order valence-corrected chi connectivity index (χ3v) is 2.51. The summed E-state index contributed by atoms with van der Waals surface area (Å²) in [7, 11) is 0. The molecule has 0 heterocycles. The molecule has 1 nitrogen and oxygen atoms in total. The second-order valence-corrected chi connectivity index (χ2v) is 4.44. The molecule has 0 aromatic rings. The van der Waals surface area contributed by atoms with Gasteiger partial charge >= 0.3 is 0 Å². The molecule has 68 valence electrons. The van der Waals surface area contributed by atoms with Crippen LogP contribution in [0.15, 0.2) is 0 Å². The van der Waals surface area contributed by atoms with Crippen molar-refractivity contribution in [3.8, 4) is 0 Å². The molecule has 0 fully saturated rings. The number of hydrogen-bond donors (Lipinski definition) is 1. The van der Waals surface area contributed by atoms with Crippen LogP contribution in [-0.4, -0.2) is 24.6 Å². The first-order chi connectivity index (χ1) is 5.27. The van der Waals surface area contributed by atoms with Crippen molar-refractivity contribution >= 4 is 11.8 Å². The highest BCUT2D eigenvalue weighted by Gasteiger charge is 1.91. The van der Waals surface area contributed by atoms with Gasteiger partial charge in [0.1, 0.15) is 0 Å². The molecule has 11 heavy (non-hydrogen) atoms. The van der Waals surface area contributed by atoms with Crippen LogP contribution in [0.4, 0.5) is 0 Å². The molecule has 0 bridgehead atoms. The highest BCUT2D eigenvalue weighted by Crippen LogP contribution is 1.99. The Morgan fingerprint density at radius 1 is 1.27 bits per heavy atom. The summed E-state index contributed by atoms with van der Waals surface area (Å²) in [6, 6.07) is 0. The molecule has 0 aromatic heterocycles. The minimum atomic E-state index is 0.783. The minimum Gasteiger partial charge on any atom is -0.316 e. The summed E-state index contributed by atoms with van der Waals surface area (Å²) in [5.41, 5.74) is 0. The zero-order valence-electron chi connectivity index (χ0n) is 8.02. The Kier molecular flexibility index (Phi) is 8.64. The lowest BCUT2D eigenvalue weighted by atomic mass is 10.2. The standard InChI is InChI=1S/C9H21NS/c1-4-6-11-7-5-10-8-9(2)3/h9-10H,4-8H2,1-3H3. The fourth-order valence-electron chi connectivity index (χ4n) is 0.781. The number of rotatable bonds is 7. The Bertz CT molecular complexity index is 74.0. The molecule has 1 N–H and O–H groups in total. The van der Waals surface area contributed by atoms with E-state index in [0.29, 0.717) is 0 Å². The lowest BCUT2D eigenvalue weighted by Gasteiger charge is -2.06. The fourth-order valence-corrected chi connectivity index (χ4v) is 1.56. The minimum absolute atomic E-state index is 0.783. The Hall–Kier alpha value is 0.310.